The van der Waals surface area contributed by atoms with Gasteiger partial charge in [0.2, 0.25) is 5.91 Å². The van der Waals surface area contributed by atoms with E-state index >= 15 is 0 Å². The number of hydrogen-bond donors (Lipinski definition) is 1. The first-order chi connectivity index (χ1) is 14.2. The summed E-state index contributed by atoms with van der Waals surface area (Å²) in [4.78, 5) is 12.5. The molecule has 7 nitrogen and oxygen atoms in total. The minimum Gasteiger partial charge on any atom is -0.310 e. The maximum atomic E-state index is 12.5. The van der Waals surface area contributed by atoms with Gasteiger partial charge < -0.3 is 9.88 Å². The lowest BCUT2D eigenvalue weighted by Crippen LogP contribution is -2.19. The van der Waals surface area contributed by atoms with Crippen LogP contribution in [0.2, 0.25) is 0 Å². The quantitative estimate of drug-likeness (QED) is 0.587. The minimum absolute atomic E-state index is 0.0579. The van der Waals surface area contributed by atoms with Gasteiger partial charge in [-0.25, -0.2) is 4.68 Å². The smallest absolute Gasteiger partial charge is 0.235 e. The molecule has 4 rings (SSSR count). The third-order valence-electron chi connectivity index (χ3n) is 5.25. The van der Waals surface area contributed by atoms with Crippen molar-refractivity contribution in [1.29, 1.82) is 0 Å². The molecule has 8 heteroatoms. The van der Waals surface area contributed by atoms with Crippen molar-refractivity contribution in [3.63, 3.8) is 0 Å². The number of hydrogen-bond acceptors (Lipinski definition) is 5. The molecule has 0 spiro atoms. The van der Waals surface area contributed by atoms with Gasteiger partial charge in [0.05, 0.1) is 18.0 Å². The molecule has 2 heterocycles. The summed E-state index contributed by atoms with van der Waals surface area (Å²) in [6, 6.07) is 10.5. The molecule has 0 atom stereocenters. The molecule has 3 aromatic rings. The lowest BCUT2D eigenvalue weighted by molar-refractivity contribution is -0.113. The normalized spacial score (nSPS) is 14.4. The largest absolute Gasteiger partial charge is 0.310 e. The summed E-state index contributed by atoms with van der Waals surface area (Å²) in [5.41, 5.74) is 2.22. The fourth-order valence-electron chi connectivity index (χ4n) is 3.84. The molecule has 1 amide bonds. The third-order valence-corrected chi connectivity index (χ3v) is 6.22. The topological polar surface area (TPSA) is 77.6 Å². The van der Waals surface area contributed by atoms with Crippen molar-refractivity contribution in [2.75, 3.05) is 11.1 Å². The third kappa shape index (κ3) is 4.37. The van der Waals surface area contributed by atoms with Gasteiger partial charge in [-0.2, -0.15) is 5.10 Å². The van der Waals surface area contributed by atoms with Crippen LogP contribution in [-0.2, 0) is 11.3 Å². The molecule has 0 bridgehead atoms. The highest BCUT2D eigenvalue weighted by Crippen LogP contribution is 2.31. The van der Waals surface area contributed by atoms with Crippen LogP contribution in [0.15, 0.2) is 41.7 Å². The Kier molecular flexibility index (Phi) is 5.99. The zero-order valence-electron chi connectivity index (χ0n) is 16.8. The molecule has 0 aliphatic heterocycles. The first kappa shape index (κ1) is 19.7. The Labute approximate surface area is 174 Å². The van der Waals surface area contributed by atoms with Gasteiger partial charge in [-0.05, 0) is 32.8 Å². The minimum atomic E-state index is -0.0579. The number of carbonyl (C=O) groups excluding carboxylic acids is 1. The SMILES string of the molecule is CCn1c(SCC(=O)Nc2ccnn2C2CCCC2)nnc1-c1cccc(C)c1. The molecule has 0 unspecified atom stereocenters. The first-order valence-electron chi connectivity index (χ1n) is 10.1. The Hall–Kier alpha value is -2.61. The van der Waals surface area contributed by atoms with Crippen molar-refractivity contribution in [2.45, 2.75) is 57.3 Å². The predicted octanol–water partition coefficient (Wildman–Crippen LogP) is 4.32. The molecular weight excluding hydrogens is 384 g/mol. The standard InChI is InChI=1S/C21H26N6OS/c1-3-26-20(16-8-6-7-15(2)13-16)24-25-21(26)29-14-19(28)23-18-11-12-22-27(18)17-9-4-5-10-17/h6-8,11-13,17H,3-5,9-10,14H2,1-2H3,(H,23,28). The Morgan fingerprint density at radius 3 is 2.83 bits per heavy atom. The van der Waals surface area contributed by atoms with Crippen molar-refractivity contribution in [3.8, 4) is 11.4 Å². The van der Waals surface area contributed by atoms with Gasteiger partial charge in [0.15, 0.2) is 11.0 Å². The van der Waals surface area contributed by atoms with E-state index in [0.717, 1.165) is 41.7 Å². The maximum Gasteiger partial charge on any atom is 0.235 e. The molecule has 2 aromatic heterocycles. The average molecular weight is 411 g/mol. The molecule has 152 valence electrons. The van der Waals surface area contributed by atoms with Crippen molar-refractivity contribution in [3.05, 3.63) is 42.1 Å². The highest BCUT2D eigenvalue weighted by Gasteiger charge is 2.21. The molecule has 0 radical (unpaired) electrons. The number of aromatic nitrogens is 5. The van der Waals surface area contributed by atoms with Gasteiger partial charge >= 0.3 is 0 Å². The van der Waals surface area contributed by atoms with Gasteiger partial charge in [-0.3, -0.25) is 4.79 Å². The number of nitrogens with one attached hydrogen (secondary N) is 1. The highest BCUT2D eigenvalue weighted by atomic mass is 32.2. The molecule has 1 N–H and O–H groups in total. The van der Waals surface area contributed by atoms with Crippen LogP contribution in [0.5, 0.6) is 0 Å². The monoisotopic (exact) mass is 410 g/mol. The van der Waals surface area contributed by atoms with Gasteiger partial charge in [0.1, 0.15) is 5.82 Å². The molecule has 1 aliphatic carbocycles. The number of rotatable bonds is 7. The van der Waals surface area contributed by atoms with E-state index in [2.05, 4.69) is 51.2 Å². The average Bonchev–Trinajstić information content (AvgIpc) is 3.46. The second kappa shape index (κ2) is 8.82. The van der Waals surface area contributed by atoms with E-state index in [4.69, 9.17) is 0 Å². The maximum absolute atomic E-state index is 12.5. The zero-order chi connectivity index (χ0) is 20.2. The molecule has 1 saturated carbocycles. The number of aryl methyl sites for hydroxylation is 1. The van der Waals surface area contributed by atoms with Crippen LogP contribution < -0.4 is 5.32 Å². The van der Waals surface area contributed by atoms with Crippen molar-refractivity contribution >= 4 is 23.5 Å². The van der Waals surface area contributed by atoms with Crippen molar-refractivity contribution in [2.24, 2.45) is 0 Å². The first-order valence-corrected chi connectivity index (χ1v) is 11.1. The van der Waals surface area contributed by atoms with E-state index in [-0.39, 0.29) is 11.7 Å². The Morgan fingerprint density at radius 2 is 2.07 bits per heavy atom. The molecular formula is C21H26N6OS. The lowest BCUT2D eigenvalue weighted by Gasteiger charge is -2.14. The Bertz CT molecular complexity index is 989. The summed E-state index contributed by atoms with van der Waals surface area (Å²) in [5, 5.41) is 16.9. The van der Waals surface area contributed by atoms with Gasteiger partial charge in [0.25, 0.3) is 0 Å². The van der Waals surface area contributed by atoms with E-state index in [1.807, 2.05) is 22.9 Å². The highest BCUT2D eigenvalue weighted by molar-refractivity contribution is 7.99. The summed E-state index contributed by atoms with van der Waals surface area (Å²) in [6.45, 7) is 4.87. The number of amides is 1. The molecule has 29 heavy (non-hydrogen) atoms. The van der Waals surface area contributed by atoms with Gasteiger partial charge in [-0.1, -0.05) is 48.4 Å². The van der Waals surface area contributed by atoms with E-state index in [0.29, 0.717) is 6.04 Å². The van der Waals surface area contributed by atoms with Crippen LogP contribution in [0.25, 0.3) is 11.4 Å². The summed E-state index contributed by atoms with van der Waals surface area (Å²) in [7, 11) is 0. The van der Waals surface area contributed by atoms with Crippen molar-refractivity contribution in [1.82, 2.24) is 24.5 Å². The molecule has 1 fully saturated rings. The van der Waals surface area contributed by atoms with E-state index in [9.17, 15) is 4.79 Å². The summed E-state index contributed by atoms with van der Waals surface area (Å²) in [5.74, 6) is 1.83. The zero-order valence-corrected chi connectivity index (χ0v) is 17.7. The second-order valence-corrected chi connectivity index (χ2v) is 8.30. The fourth-order valence-corrected chi connectivity index (χ4v) is 4.64. The van der Waals surface area contributed by atoms with E-state index in [1.165, 1.54) is 30.2 Å². The number of benzene rings is 1. The van der Waals surface area contributed by atoms with E-state index < -0.39 is 0 Å². The van der Waals surface area contributed by atoms with Crippen LogP contribution in [0.1, 0.15) is 44.2 Å². The van der Waals surface area contributed by atoms with Crippen LogP contribution in [0.3, 0.4) is 0 Å². The molecule has 0 saturated heterocycles. The number of nitrogens with zero attached hydrogens (tertiary/aromatic N) is 5. The van der Waals surface area contributed by atoms with Crippen LogP contribution in [0.4, 0.5) is 5.82 Å². The fraction of sp³-hybridized carbons (Fsp3) is 0.429. The van der Waals surface area contributed by atoms with Crippen molar-refractivity contribution < 1.29 is 4.79 Å². The Balaban J connectivity index is 1.42. The number of anilines is 1. The lowest BCUT2D eigenvalue weighted by atomic mass is 10.1. The number of carbonyl (C=O) groups is 1. The molecule has 1 aromatic carbocycles. The Morgan fingerprint density at radius 1 is 1.24 bits per heavy atom. The van der Waals surface area contributed by atoms with Gasteiger partial charge in [-0.15, -0.1) is 10.2 Å². The van der Waals surface area contributed by atoms with Crippen LogP contribution in [-0.4, -0.2) is 36.2 Å². The summed E-state index contributed by atoms with van der Waals surface area (Å²) >= 11 is 1.41. The predicted molar refractivity (Wildman–Crippen MR) is 115 cm³/mol. The second-order valence-electron chi connectivity index (χ2n) is 7.36. The number of thioether (sulfide) groups is 1. The summed E-state index contributed by atoms with van der Waals surface area (Å²) < 4.78 is 4.01. The summed E-state index contributed by atoms with van der Waals surface area (Å²) in [6.07, 6.45) is 6.46. The van der Waals surface area contributed by atoms with E-state index in [1.54, 1.807) is 6.20 Å². The van der Waals surface area contributed by atoms with Crippen LogP contribution >= 0.6 is 11.8 Å². The molecule has 1 aliphatic rings. The van der Waals surface area contributed by atoms with Crippen LogP contribution in [0, 0.1) is 6.92 Å². The van der Waals surface area contributed by atoms with Gasteiger partial charge in [0, 0.05) is 18.2 Å².